The van der Waals surface area contributed by atoms with Crippen molar-refractivity contribution in [2.24, 2.45) is 11.8 Å². The summed E-state index contributed by atoms with van der Waals surface area (Å²) in [7, 11) is -3.75. The highest BCUT2D eigenvalue weighted by molar-refractivity contribution is 7.91. The summed E-state index contributed by atoms with van der Waals surface area (Å²) in [4.78, 5) is 10.0. The van der Waals surface area contributed by atoms with Crippen LogP contribution in [0.1, 0.15) is 26.7 Å². The van der Waals surface area contributed by atoms with Crippen molar-refractivity contribution in [1.82, 2.24) is 4.72 Å². The summed E-state index contributed by atoms with van der Waals surface area (Å²) in [6.45, 7) is 4.10. The van der Waals surface area contributed by atoms with Crippen molar-refractivity contribution in [3.05, 3.63) is 16.2 Å². The molecular weight excluding hydrogens is 302 g/mol. The van der Waals surface area contributed by atoms with Crippen LogP contribution in [0.4, 0.5) is 10.7 Å². The van der Waals surface area contributed by atoms with Crippen LogP contribution in [0.15, 0.2) is 10.3 Å². The Hall–Kier alpha value is -1.19. The lowest BCUT2D eigenvalue weighted by molar-refractivity contribution is -0.383. The highest BCUT2D eigenvalue weighted by atomic mass is 32.2. The summed E-state index contributed by atoms with van der Waals surface area (Å²) in [5.74, 6) is 0.711. The van der Waals surface area contributed by atoms with Crippen LogP contribution < -0.4 is 10.5 Å². The number of hydrogen-bond acceptors (Lipinski definition) is 6. The van der Waals surface area contributed by atoms with E-state index in [2.05, 4.69) is 11.6 Å². The third-order valence-corrected chi connectivity index (χ3v) is 6.87. The standard InChI is InChI=1S/C11H17N3O4S2/c1-6-3-4-8(7(6)2)13-20(17,18)10-5-9(14(15)16)11(12)19-10/h5-8,13H,3-4,12H2,1-2H3. The first kappa shape index (κ1) is 15.2. The molecule has 0 radical (unpaired) electrons. The molecule has 20 heavy (non-hydrogen) atoms. The molecule has 0 saturated heterocycles. The maximum atomic E-state index is 12.2. The fraction of sp³-hybridized carbons (Fsp3) is 0.636. The van der Waals surface area contributed by atoms with Gasteiger partial charge in [0.2, 0.25) is 0 Å². The highest BCUT2D eigenvalue weighted by Crippen LogP contribution is 2.36. The normalized spacial score (nSPS) is 26.8. The lowest BCUT2D eigenvalue weighted by Gasteiger charge is -2.18. The minimum Gasteiger partial charge on any atom is -0.385 e. The van der Waals surface area contributed by atoms with Crippen LogP contribution >= 0.6 is 11.3 Å². The first-order valence-electron chi connectivity index (χ1n) is 6.28. The molecule has 1 saturated carbocycles. The molecule has 1 heterocycles. The Bertz CT molecular complexity index is 626. The van der Waals surface area contributed by atoms with E-state index in [0.717, 1.165) is 30.2 Å². The molecule has 0 spiro atoms. The summed E-state index contributed by atoms with van der Waals surface area (Å²) in [5, 5.41) is 10.6. The summed E-state index contributed by atoms with van der Waals surface area (Å²) < 4.78 is 27.0. The largest absolute Gasteiger partial charge is 0.385 e. The summed E-state index contributed by atoms with van der Waals surface area (Å²) >= 11 is 0.721. The van der Waals surface area contributed by atoms with Crippen LogP contribution in [-0.2, 0) is 10.0 Å². The Labute approximate surface area is 121 Å². The molecule has 3 unspecified atom stereocenters. The first-order chi connectivity index (χ1) is 9.22. The monoisotopic (exact) mass is 319 g/mol. The zero-order valence-corrected chi connectivity index (χ0v) is 12.8. The van der Waals surface area contributed by atoms with Gasteiger partial charge in [0.1, 0.15) is 4.21 Å². The van der Waals surface area contributed by atoms with Gasteiger partial charge in [0.15, 0.2) is 5.00 Å². The van der Waals surface area contributed by atoms with E-state index in [-0.39, 0.29) is 26.9 Å². The topological polar surface area (TPSA) is 115 Å². The lowest BCUT2D eigenvalue weighted by Crippen LogP contribution is -2.36. The lowest BCUT2D eigenvalue weighted by atomic mass is 9.98. The van der Waals surface area contributed by atoms with Gasteiger partial charge in [-0.15, -0.1) is 0 Å². The molecule has 112 valence electrons. The minimum atomic E-state index is -3.75. The first-order valence-corrected chi connectivity index (χ1v) is 8.58. The quantitative estimate of drug-likeness (QED) is 0.650. The minimum absolute atomic E-state index is 0.0942. The van der Waals surface area contributed by atoms with Gasteiger partial charge in [0.05, 0.1) is 4.92 Å². The Morgan fingerprint density at radius 3 is 2.55 bits per heavy atom. The van der Waals surface area contributed by atoms with Gasteiger partial charge >= 0.3 is 5.69 Å². The molecule has 3 atom stereocenters. The molecule has 0 aromatic carbocycles. The number of thiophene rings is 1. The number of nitrogens with one attached hydrogen (secondary N) is 1. The van der Waals surface area contributed by atoms with Crippen molar-refractivity contribution >= 4 is 32.0 Å². The SMILES string of the molecule is CC1CCC(NS(=O)(=O)c2cc([N+](=O)[O-])c(N)s2)C1C. The van der Waals surface area contributed by atoms with Gasteiger partial charge in [-0.2, -0.15) is 0 Å². The van der Waals surface area contributed by atoms with E-state index in [1.807, 2.05) is 6.92 Å². The molecule has 3 N–H and O–H groups in total. The van der Waals surface area contributed by atoms with Crippen molar-refractivity contribution in [1.29, 1.82) is 0 Å². The van der Waals surface area contributed by atoms with E-state index in [9.17, 15) is 18.5 Å². The Morgan fingerprint density at radius 1 is 1.45 bits per heavy atom. The van der Waals surface area contributed by atoms with E-state index in [1.165, 1.54) is 0 Å². The average Bonchev–Trinajstić information content (AvgIpc) is 2.87. The zero-order valence-electron chi connectivity index (χ0n) is 11.2. The maximum absolute atomic E-state index is 12.2. The van der Waals surface area contributed by atoms with Crippen LogP contribution in [0, 0.1) is 22.0 Å². The number of sulfonamides is 1. The number of hydrogen-bond donors (Lipinski definition) is 2. The van der Waals surface area contributed by atoms with E-state index >= 15 is 0 Å². The van der Waals surface area contributed by atoms with Gasteiger partial charge in [0.25, 0.3) is 10.0 Å². The van der Waals surface area contributed by atoms with Crippen LogP contribution in [0.3, 0.4) is 0 Å². The molecule has 9 heteroatoms. The molecule has 0 amide bonds. The van der Waals surface area contributed by atoms with E-state index in [1.54, 1.807) is 0 Å². The van der Waals surface area contributed by atoms with Crippen molar-refractivity contribution in [3.8, 4) is 0 Å². The van der Waals surface area contributed by atoms with Crippen molar-refractivity contribution in [2.45, 2.75) is 36.9 Å². The molecule has 1 aliphatic rings. The average molecular weight is 319 g/mol. The van der Waals surface area contributed by atoms with Crippen LogP contribution in [0.25, 0.3) is 0 Å². The molecule has 1 aromatic rings. The number of rotatable bonds is 4. The fourth-order valence-corrected chi connectivity index (χ4v) is 5.03. The summed E-state index contributed by atoms with van der Waals surface area (Å²) in [6, 6.07) is 0.892. The van der Waals surface area contributed by atoms with Crippen molar-refractivity contribution < 1.29 is 13.3 Å². The summed E-state index contributed by atoms with van der Waals surface area (Å²) in [6.07, 6.45) is 1.76. The molecule has 1 aliphatic carbocycles. The van der Waals surface area contributed by atoms with Crippen LogP contribution in [0.2, 0.25) is 0 Å². The Balaban J connectivity index is 2.23. The number of nitro groups is 1. The van der Waals surface area contributed by atoms with Crippen molar-refractivity contribution in [2.75, 3.05) is 5.73 Å². The second-order valence-corrected chi connectivity index (χ2v) is 8.24. The van der Waals surface area contributed by atoms with Gasteiger partial charge < -0.3 is 5.73 Å². The van der Waals surface area contributed by atoms with Gasteiger partial charge in [0, 0.05) is 12.1 Å². The predicted octanol–water partition coefficient (Wildman–Crippen LogP) is 1.95. The van der Waals surface area contributed by atoms with E-state index in [4.69, 9.17) is 5.73 Å². The Morgan fingerprint density at radius 2 is 2.10 bits per heavy atom. The van der Waals surface area contributed by atoms with Gasteiger partial charge in [-0.3, -0.25) is 10.1 Å². The fourth-order valence-electron chi connectivity index (χ4n) is 2.44. The highest BCUT2D eigenvalue weighted by Gasteiger charge is 2.34. The molecule has 1 fully saturated rings. The number of nitrogen functional groups attached to an aromatic ring is 1. The Kier molecular flexibility index (Phi) is 4.03. The molecule has 0 bridgehead atoms. The number of nitrogens with zero attached hydrogens (tertiary/aromatic N) is 1. The van der Waals surface area contributed by atoms with Crippen molar-refractivity contribution in [3.63, 3.8) is 0 Å². The van der Waals surface area contributed by atoms with Gasteiger partial charge in [-0.05, 0) is 24.7 Å². The third-order valence-electron chi connectivity index (χ3n) is 3.95. The number of anilines is 1. The predicted molar refractivity (Wildman–Crippen MR) is 77.1 cm³/mol. The molecule has 0 aliphatic heterocycles. The zero-order chi connectivity index (χ0) is 15.1. The third kappa shape index (κ3) is 2.79. The maximum Gasteiger partial charge on any atom is 0.304 e. The summed E-state index contributed by atoms with van der Waals surface area (Å²) in [5.41, 5.74) is 5.12. The van der Waals surface area contributed by atoms with Gasteiger partial charge in [-0.25, -0.2) is 13.1 Å². The second kappa shape index (κ2) is 5.30. The smallest absolute Gasteiger partial charge is 0.304 e. The van der Waals surface area contributed by atoms with E-state index < -0.39 is 14.9 Å². The molecule has 2 rings (SSSR count). The van der Waals surface area contributed by atoms with Crippen LogP contribution in [0.5, 0.6) is 0 Å². The molecular formula is C11H17N3O4S2. The molecule has 7 nitrogen and oxygen atoms in total. The van der Waals surface area contributed by atoms with E-state index in [0.29, 0.717) is 5.92 Å². The second-order valence-electron chi connectivity index (χ2n) is 5.21. The van der Waals surface area contributed by atoms with Crippen LogP contribution in [-0.4, -0.2) is 19.4 Å². The van der Waals surface area contributed by atoms with Gasteiger partial charge in [-0.1, -0.05) is 25.2 Å². The molecule has 1 aromatic heterocycles. The number of nitrogens with two attached hydrogens (primary N) is 1.